The van der Waals surface area contributed by atoms with Crippen LogP contribution >= 0.6 is 0 Å². The van der Waals surface area contributed by atoms with E-state index in [1.807, 2.05) is 4.90 Å². The molecule has 3 amide bonds. The van der Waals surface area contributed by atoms with E-state index in [-0.39, 0.29) is 131 Å². The van der Waals surface area contributed by atoms with Gasteiger partial charge in [0.2, 0.25) is 34.8 Å². The topological polar surface area (TPSA) is 539 Å². The molecule has 2 aromatic rings. The van der Waals surface area contributed by atoms with E-state index in [2.05, 4.69) is 31.0 Å². The molecule has 2 aliphatic heterocycles. The quantitative estimate of drug-likeness (QED) is 0.00595. The minimum atomic E-state index is -1.85. The highest BCUT2D eigenvalue weighted by molar-refractivity contribution is 5.86. The number of nitrogens with two attached hydrogens (primary N) is 2. The summed E-state index contributed by atoms with van der Waals surface area (Å²) in [5, 5.41) is 92.1. The number of ether oxygens (including phenoxy) is 15. The number of hydrogen-bond donors (Lipinski definition) is 13. The van der Waals surface area contributed by atoms with Crippen molar-refractivity contribution in [3.05, 3.63) is 64.9 Å². The lowest BCUT2D eigenvalue weighted by atomic mass is 9.87. The van der Waals surface area contributed by atoms with Crippen LogP contribution in [-0.2, 0) is 98.6 Å². The Balaban J connectivity index is 1.13. The number of nitrogens with zero attached hydrogens (tertiary/aromatic N) is 6. The van der Waals surface area contributed by atoms with Gasteiger partial charge >= 0.3 is 30.1 Å². The highest BCUT2D eigenvalue weighted by Crippen LogP contribution is 2.31. The van der Waals surface area contributed by atoms with Gasteiger partial charge < -0.3 is 139 Å². The molecule has 2 aliphatic rings. The Morgan fingerprint density at radius 2 is 0.991 bits per heavy atom. The Hall–Kier alpha value is -8.48. The van der Waals surface area contributed by atoms with E-state index in [9.17, 15) is 77.0 Å². The van der Waals surface area contributed by atoms with Crippen molar-refractivity contribution in [3.63, 3.8) is 0 Å². The number of aliphatic carboxylic acids is 2. The molecule has 1 aromatic carbocycles. The van der Waals surface area contributed by atoms with Gasteiger partial charge in [-0.1, -0.05) is 12.1 Å². The van der Waals surface area contributed by atoms with Crippen LogP contribution < -0.4 is 32.2 Å². The number of aliphatic hydroxyl groups is 4. The standard InChI is InChI=1S/C63H99F4N13O27/c1-38-43(73-60(68)69)32-47(58(87)88)103-53(38)54(45(84)35-81)106-62(91)77(3)6-13-94-15-8-79(9-16-95-14-7-78(4)63(92)107-55(46(85)36-82)57-52(72-39(2)83)44(74-61(70)71)33-48(104-57)59(89)90)10-17-96-20-23-99-27-28-101-29-30-102-37-40-34-80(76-75-40)11-18-97-21-24-100-26-25-98-22-19-93-12-5-49(86)105-56-50(66)41(64)31-42(65)51(56)67/h31-34,38,43-46,52-55,57,81-82,84-85H,5-30,35-37H2,1-4H3,(H,72,83)(H,87,88)(H,89,90)(H4,68,69,73)(H4,70,71,74)/t38-,43+,44+,45-,46-,52-,53-,54-,55-,57-/m1/s1. The summed E-state index contributed by atoms with van der Waals surface area (Å²) in [5.41, 5.74) is 11.6. The first-order valence-electron chi connectivity index (χ1n) is 33.7. The van der Waals surface area contributed by atoms with Crippen LogP contribution in [0.4, 0.5) is 27.2 Å². The summed E-state index contributed by atoms with van der Waals surface area (Å²) in [5.74, 6) is -16.5. The lowest BCUT2D eigenvalue weighted by Gasteiger charge is -2.41. The third kappa shape index (κ3) is 34.1. The third-order valence-corrected chi connectivity index (χ3v) is 15.4. The molecule has 0 fully saturated rings. The predicted molar refractivity (Wildman–Crippen MR) is 358 cm³/mol. The third-order valence-electron chi connectivity index (χ3n) is 15.4. The molecule has 44 heteroatoms. The average Bonchev–Trinajstić information content (AvgIpc) is 0.905. The minimum Gasteiger partial charge on any atom is -0.479 e. The second-order valence-corrected chi connectivity index (χ2v) is 23.5. The van der Waals surface area contributed by atoms with Gasteiger partial charge in [-0.2, -0.15) is 8.78 Å². The van der Waals surface area contributed by atoms with Crippen LogP contribution in [0, 0.1) is 40.0 Å². The van der Waals surface area contributed by atoms with E-state index in [4.69, 9.17) is 88.6 Å². The van der Waals surface area contributed by atoms with Crippen molar-refractivity contribution in [2.24, 2.45) is 17.4 Å². The van der Waals surface area contributed by atoms with Gasteiger partial charge in [-0.15, -0.1) is 5.10 Å². The van der Waals surface area contributed by atoms with Crippen LogP contribution in [0.1, 0.15) is 26.0 Å². The fourth-order valence-corrected chi connectivity index (χ4v) is 9.78. The average molecular weight is 1550 g/mol. The van der Waals surface area contributed by atoms with Crippen LogP contribution in [0.15, 0.2) is 35.9 Å². The molecule has 4 rings (SSSR count). The first-order chi connectivity index (χ1) is 51.1. The van der Waals surface area contributed by atoms with Crippen molar-refractivity contribution in [3.8, 4) is 5.75 Å². The number of aliphatic hydroxyl groups excluding tert-OH is 4. The smallest absolute Gasteiger partial charge is 0.410 e. The number of nitrogens with one attached hydrogen (secondary N) is 5. The molecule has 107 heavy (non-hydrogen) atoms. The number of amides is 3. The summed E-state index contributed by atoms with van der Waals surface area (Å²) in [6.07, 6.45) is -8.37. The summed E-state index contributed by atoms with van der Waals surface area (Å²) in [6.45, 7) is 5.84. The van der Waals surface area contributed by atoms with Crippen LogP contribution in [0.3, 0.4) is 0 Å². The molecule has 1 aromatic heterocycles. The van der Waals surface area contributed by atoms with Gasteiger partial charge in [0.25, 0.3) is 0 Å². The lowest BCUT2D eigenvalue weighted by Crippen LogP contribution is -2.65. The fraction of sp³-hybridized carbons (Fsp3) is 0.683. The predicted octanol–water partition coefficient (Wildman–Crippen LogP) is -3.04. The molecule has 0 unspecified atom stereocenters. The lowest BCUT2D eigenvalue weighted by molar-refractivity contribution is -0.148. The Kier molecular flexibility index (Phi) is 42.7. The van der Waals surface area contributed by atoms with E-state index in [0.29, 0.717) is 51.7 Å². The number of carbonyl (C=O) groups excluding carboxylic acids is 4. The van der Waals surface area contributed by atoms with Gasteiger partial charge in [0, 0.05) is 65.7 Å². The maximum Gasteiger partial charge on any atom is 0.410 e. The van der Waals surface area contributed by atoms with Crippen molar-refractivity contribution in [2.45, 2.75) is 88.2 Å². The number of halogens is 4. The zero-order valence-corrected chi connectivity index (χ0v) is 59.7. The number of carboxylic acids is 2. The first-order valence-corrected chi connectivity index (χ1v) is 33.7. The molecule has 0 aliphatic carbocycles. The largest absolute Gasteiger partial charge is 0.479 e. The SMILES string of the molecule is CC(=O)N[C@H]1[C@H]([C@H](OC(=O)N(C)CCOCCN(CCOCCOCCOCCOCc2cn(CCOCCOCCOCCOCCC(=O)Oc3c(F)c(F)cc(F)c3F)nn2)CCOCCN(C)C(=O)O[C@@H]([C@@H]2OC(C(=O)O)=C[C@H](NC(=N)N)[C@H]2C)[C@H](O)CO)[C@H](O)CO)OC(C(=O)O)=C[C@@H]1NC(=N)N. The molecule has 0 radical (unpaired) electrons. The Bertz CT molecular complexity index is 3110. The molecule has 0 saturated heterocycles. The Labute approximate surface area is 612 Å². The van der Waals surface area contributed by atoms with Crippen LogP contribution in [-0.4, -0.2) is 349 Å². The van der Waals surface area contributed by atoms with Crippen molar-refractivity contribution in [1.29, 1.82) is 10.8 Å². The number of carbonyl (C=O) groups is 6. The number of benzene rings is 1. The van der Waals surface area contributed by atoms with Gasteiger partial charge in [-0.05, 0) is 12.2 Å². The molecule has 40 nitrogen and oxygen atoms in total. The molecule has 3 heterocycles. The molecule has 15 N–H and O–H groups in total. The number of rotatable bonds is 55. The van der Waals surface area contributed by atoms with Crippen molar-refractivity contribution in [2.75, 3.05) is 186 Å². The maximum atomic E-state index is 13.7. The van der Waals surface area contributed by atoms with Gasteiger partial charge in [0.15, 0.2) is 41.9 Å². The van der Waals surface area contributed by atoms with Gasteiger partial charge in [-0.3, -0.25) is 25.3 Å². The molecule has 606 valence electrons. The molecule has 0 bridgehead atoms. The first kappa shape index (κ1) is 90.9. The van der Waals surface area contributed by atoms with Gasteiger partial charge in [-0.25, -0.2) is 32.6 Å². The van der Waals surface area contributed by atoms with Crippen molar-refractivity contribution in [1.82, 2.24) is 45.6 Å². The fourth-order valence-electron chi connectivity index (χ4n) is 9.78. The van der Waals surface area contributed by atoms with Crippen LogP contribution in [0.2, 0.25) is 0 Å². The number of likely N-dealkylation sites (N-methyl/N-ethyl adjacent to an activating group) is 2. The monoisotopic (exact) mass is 1550 g/mol. The number of aromatic nitrogens is 3. The van der Waals surface area contributed by atoms with E-state index in [0.717, 1.165) is 22.8 Å². The summed E-state index contributed by atoms with van der Waals surface area (Å²) in [6, 6.07) is -3.37. The zero-order valence-electron chi connectivity index (χ0n) is 59.7. The van der Waals surface area contributed by atoms with Gasteiger partial charge in [0.1, 0.15) is 24.0 Å². The molecule has 0 saturated carbocycles. The van der Waals surface area contributed by atoms with Crippen LogP contribution in [0.5, 0.6) is 5.75 Å². The number of esters is 1. The van der Waals surface area contributed by atoms with E-state index >= 15 is 0 Å². The summed E-state index contributed by atoms with van der Waals surface area (Å²) < 4.78 is 138. The van der Waals surface area contributed by atoms with Gasteiger partial charge in [0.05, 0.1) is 183 Å². The number of carboxylic acid groups (broad SMARTS) is 2. The molecule has 10 atom stereocenters. The minimum absolute atomic E-state index is 0.00346. The second kappa shape index (κ2) is 50.2. The molecule has 0 spiro atoms. The highest BCUT2D eigenvalue weighted by Gasteiger charge is 2.48. The summed E-state index contributed by atoms with van der Waals surface area (Å²) in [7, 11) is 2.73. The van der Waals surface area contributed by atoms with Crippen molar-refractivity contribution >= 4 is 47.9 Å². The molecular weight excluding hydrogens is 1450 g/mol. The zero-order chi connectivity index (χ0) is 78.8. The van der Waals surface area contributed by atoms with E-state index < -0.39 is 169 Å². The number of guanidine groups is 2. The maximum absolute atomic E-state index is 13.7. The van der Waals surface area contributed by atoms with E-state index in [1.165, 1.54) is 20.2 Å². The summed E-state index contributed by atoms with van der Waals surface area (Å²) >= 11 is 0. The normalized spacial score (nSPS) is 18.1. The summed E-state index contributed by atoms with van der Waals surface area (Å²) in [4.78, 5) is 79.0. The van der Waals surface area contributed by atoms with Crippen LogP contribution in [0.25, 0.3) is 0 Å². The van der Waals surface area contributed by atoms with Crippen molar-refractivity contribution < 1.29 is 148 Å². The number of hydrogen-bond acceptors (Lipinski definition) is 30. The Morgan fingerprint density at radius 3 is 1.45 bits per heavy atom. The highest BCUT2D eigenvalue weighted by atomic mass is 19.2. The van der Waals surface area contributed by atoms with E-state index in [1.54, 1.807) is 17.8 Å². The Morgan fingerprint density at radius 1 is 0.589 bits per heavy atom. The molecular formula is C63H99F4N13O27. The second-order valence-electron chi connectivity index (χ2n) is 23.5.